The first-order valence-electron chi connectivity index (χ1n) is 36.6. The molecule has 0 heterocycles. The lowest BCUT2D eigenvalue weighted by Gasteiger charge is -2.13. The molecule has 0 aromatic heterocycles. The standard InChI is InChI=1S/C96H104O2/c1-10-18-80-63-89(81(19-11-2)62-88(80)53-44-72-29-26-71(27-30-72)28-43-79-51-60-96(98-9)61-52-79)54-45-73-31-33-74(34-32-73)46-55-90-64-83(21-13-4)91(65-82(90)20-12-3)56-47-75-35-37-76(38-36-75)48-57-92-66-85(23-15-6)93(67-84(92)22-14-5)58-49-77-39-41-78(42-40-77)50-59-94-68-87(25-17-8)95(70-97)69-86(94)24-16-7/h26-70H,10-25H2,1-9H3/b43-28+,53-44+,54-45+,55-46+,56-47+,57-48+,58-49+,59-50+. The van der Waals surface area contributed by atoms with Crippen molar-refractivity contribution in [1.82, 2.24) is 0 Å². The van der Waals surface area contributed by atoms with E-state index in [1.807, 2.05) is 12.1 Å². The first kappa shape index (κ1) is 72.6. The van der Waals surface area contributed by atoms with Gasteiger partial charge in [0.05, 0.1) is 7.11 Å². The SMILES string of the molecule is CCCc1cc(/C=C/c2ccc(/C=C/c3cc(CCC)c(/C=C/c4ccc(/C=C/c5cc(CCC)c(/C=C/c6ccc(/C=C/c7cc(CCC)c(/C=C/c8ccc(/C=C/c9ccc(OC)cc9)cc8)cc7CCC)cc6)cc5CCC)cc4)cc3CCC)cc2)c(CCC)cc1C=O. The predicted octanol–water partition coefficient (Wildman–Crippen LogP) is 26.5. The average molecular weight is 1290 g/mol. The van der Waals surface area contributed by atoms with Crippen LogP contribution in [0.15, 0.2) is 170 Å². The van der Waals surface area contributed by atoms with Crippen molar-refractivity contribution in [3.05, 3.63) is 309 Å². The maximum Gasteiger partial charge on any atom is 0.150 e. The number of ether oxygens (including phenoxy) is 1. The monoisotopic (exact) mass is 1290 g/mol. The Morgan fingerprint density at radius 3 is 0.510 bits per heavy atom. The molecule has 0 saturated carbocycles. The minimum absolute atomic E-state index is 0.832. The molecule has 500 valence electrons. The van der Waals surface area contributed by atoms with E-state index in [0.29, 0.717) is 0 Å². The fourth-order valence-electron chi connectivity index (χ4n) is 13.1. The minimum atomic E-state index is 0.832. The van der Waals surface area contributed by atoms with Crippen LogP contribution in [0.4, 0.5) is 0 Å². The highest BCUT2D eigenvalue weighted by Crippen LogP contribution is 2.30. The van der Waals surface area contributed by atoms with Gasteiger partial charge in [-0.3, -0.25) is 4.79 Å². The molecule has 0 atom stereocenters. The molecule has 0 amide bonds. The van der Waals surface area contributed by atoms with Gasteiger partial charge in [0.2, 0.25) is 0 Å². The highest BCUT2D eigenvalue weighted by molar-refractivity contribution is 5.83. The van der Waals surface area contributed by atoms with E-state index in [0.717, 1.165) is 137 Å². The van der Waals surface area contributed by atoms with Crippen LogP contribution in [0.5, 0.6) is 5.75 Å². The quantitative estimate of drug-likeness (QED) is 0.0297. The third kappa shape index (κ3) is 21.2. The predicted molar refractivity (Wildman–Crippen MR) is 433 cm³/mol. The largest absolute Gasteiger partial charge is 0.497 e. The molecule has 9 aromatic carbocycles. The molecule has 0 radical (unpaired) electrons. The van der Waals surface area contributed by atoms with Gasteiger partial charge >= 0.3 is 0 Å². The Labute approximate surface area is 589 Å². The van der Waals surface area contributed by atoms with Crippen LogP contribution in [0.2, 0.25) is 0 Å². The molecule has 9 rings (SSSR count). The van der Waals surface area contributed by atoms with E-state index in [1.54, 1.807) is 7.11 Å². The number of benzene rings is 9. The van der Waals surface area contributed by atoms with Crippen LogP contribution in [-0.2, 0) is 51.4 Å². The summed E-state index contributed by atoms with van der Waals surface area (Å²) in [5.74, 6) is 0.868. The summed E-state index contributed by atoms with van der Waals surface area (Å²) < 4.78 is 5.31. The zero-order chi connectivity index (χ0) is 68.9. The van der Waals surface area contributed by atoms with E-state index >= 15 is 0 Å². The van der Waals surface area contributed by atoms with Gasteiger partial charge in [-0.25, -0.2) is 0 Å². The van der Waals surface area contributed by atoms with Crippen molar-refractivity contribution < 1.29 is 9.53 Å². The lowest BCUT2D eigenvalue weighted by Crippen LogP contribution is -1.98. The summed E-state index contributed by atoms with van der Waals surface area (Å²) in [6, 6.07) is 62.7. The lowest BCUT2D eigenvalue weighted by atomic mass is 9.92. The van der Waals surface area contributed by atoms with Gasteiger partial charge < -0.3 is 4.74 Å². The molecular weight excluding hydrogens is 1190 g/mol. The number of methoxy groups -OCH3 is 1. The zero-order valence-corrected chi connectivity index (χ0v) is 60.1. The minimum Gasteiger partial charge on any atom is -0.497 e. The second-order valence-electron chi connectivity index (χ2n) is 26.2. The third-order valence-electron chi connectivity index (χ3n) is 18.4. The fraction of sp³-hybridized carbons (Fsp3) is 0.260. The van der Waals surface area contributed by atoms with Crippen LogP contribution in [0.3, 0.4) is 0 Å². The second-order valence-corrected chi connectivity index (χ2v) is 26.2. The highest BCUT2D eigenvalue weighted by atomic mass is 16.5. The van der Waals surface area contributed by atoms with E-state index in [1.165, 1.54) is 117 Å². The molecule has 0 spiro atoms. The summed E-state index contributed by atoms with van der Waals surface area (Å²) in [6.45, 7) is 18.0. The van der Waals surface area contributed by atoms with Crippen molar-refractivity contribution >= 4 is 104 Å². The van der Waals surface area contributed by atoms with E-state index in [9.17, 15) is 4.79 Å². The first-order chi connectivity index (χ1) is 48.0. The normalized spacial score (nSPS) is 12.1. The van der Waals surface area contributed by atoms with E-state index in [4.69, 9.17) is 4.74 Å². The van der Waals surface area contributed by atoms with Crippen molar-refractivity contribution in [2.75, 3.05) is 7.11 Å². The Kier molecular flexibility index (Phi) is 28.4. The number of rotatable bonds is 34. The smallest absolute Gasteiger partial charge is 0.150 e. The molecule has 0 aliphatic rings. The number of aldehydes is 1. The van der Waals surface area contributed by atoms with Crippen molar-refractivity contribution in [3.8, 4) is 5.75 Å². The Morgan fingerprint density at radius 2 is 0.357 bits per heavy atom. The molecule has 2 heteroatoms. The Hall–Kier alpha value is -9.63. The molecule has 0 bridgehead atoms. The molecule has 98 heavy (non-hydrogen) atoms. The molecule has 0 saturated heterocycles. The summed E-state index contributed by atoms with van der Waals surface area (Å²) in [6.07, 6.45) is 54.0. The summed E-state index contributed by atoms with van der Waals surface area (Å²) in [5, 5.41) is 0. The maximum atomic E-state index is 11.9. The number of hydrogen-bond acceptors (Lipinski definition) is 2. The zero-order valence-electron chi connectivity index (χ0n) is 60.1. The highest BCUT2D eigenvalue weighted by Gasteiger charge is 2.13. The van der Waals surface area contributed by atoms with Gasteiger partial charge in [0.15, 0.2) is 0 Å². The van der Waals surface area contributed by atoms with Crippen LogP contribution < -0.4 is 4.74 Å². The summed E-state index contributed by atoms with van der Waals surface area (Å²) in [7, 11) is 1.70. The van der Waals surface area contributed by atoms with Gasteiger partial charge in [-0.15, -0.1) is 0 Å². The van der Waals surface area contributed by atoms with Crippen molar-refractivity contribution in [1.29, 1.82) is 0 Å². The van der Waals surface area contributed by atoms with Crippen molar-refractivity contribution in [2.45, 2.75) is 158 Å². The van der Waals surface area contributed by atoms with E-state index in [2.05, 4.69) is 310 Å². The van der Waals surface area contributed by atoms with Gasteiger partial charge in [0.1, 0.15) is 12.0 Å². The average Bonchev–Trinajstić information content (AvgIpc) is 0.851. The van der Waals surface area contributed by atoms with Crippen LogP contribution in [0.1, 0.15) is 251 Å². The van der Waals surface area contributed by atoms with Crippen molar-refractivity contribution in [3.63, 3.8) is 0 Å². The molecule has 0 unspecified atom stereocenters. The van der Waals surface area contributed by atoms with Crippen molar-refractivity contribution in [2.24, 2.45) is 0 Å². The lowest BCUT2D eigenvalue weighted by molar-refractivity contribution is 0.112. The van der Waals surface area contributed by atoms with Crippen LogP contribution in [-0.4, -0.2) is 13.4 Å². The Balaban J connectivity index is 0.838. The van der Waals surface area contributed by atoms with E-state index < -0.39 is 0 Å². The molecule has 0 aliphatic heterocycles. The maximum absolute atomic E-state index is 11.9. The Morgan fingerprint density at radius 1 is 0.214 bits per heavy atom. The topological polar surface area (TPSA) is 26.3 Å². The third-order valence-corrected chi connectivity index (χ3v) is 18.4. The van der Waals surface area contributed by atoms with Crippen LogP contribution >= 0.6 is 0 Å². The van der Waals surface area contributed by atoms with Gasteiger partial charge in [-0.2, -0.15) is 0 Å². The summed E-state index contributed by atoms with van der Waals surface area (Å²) in [5.41, 5.74) is 31.3. The molecule has 0 aliphatic carbocycles. The Bertz CT molecular complexity index is 4280. The van der Waals surface area contributed by atoms with Gasteiger partial charge in [-0.05, 0) is 203 Å². The van der Waals surface area contributed by atoms with Gasteiger partial charge in [-0.1, -0.05) is 356 Å². The molecule has 2 nitrogen and oxygen atoms in total. The molecular formula is C96H104O2. The van der Waals surface area contributed by atoms with E-state index in [-0.39, 0.29) is 0 Å². The summed E-state index contributed by atoms with van der Waals surface area (Å²) in [4.78, 5) is 11.9. The molecule has 9 aromatic rings. The number of carbonyl (C=O) groups excluding carboxylic acids is 1. The number of hydrogen-bond donors (Lipinski definition) is 0. The van der Waals surface area contributed by atoms with Gasteiger partial charge in [0, 0.05) is 5.56 Å². The number of aryl methyl sites for hydroxylation is 8. The summed E-state index contributed by atoms with van der Waals surface area (Å²) >= 11 is 0. The molecule has 0 N–H and O–H groups in total. The second kappa shape index (κ2) is 38.3. The van der Waals surface area contributed by atoms with Crippen LogP contribution in [0.25, 0.3) is 97.2 Å². The van der Waals surface area contributed by atoms with Gasteiger partial charge in [0.25, 0.3) is 0 Å². The molecule has 0 fully saturated rings. The van der Waals surface area contributed by atoms with Crippen LogP contribution in [0, 0.1) is 0 Å². The first-order valence-corrected chi connectivity index (χ1v) is 36.6. The fourth-order valence-corrected chi connectivity index (χ4v) is 13.1. The number of carbonyl (C=O) groups is 1.